The smallest absolute Gasteiger partial charge is 0.241 e. The van der Waals surface area contributed by atoms with E-state index in [1.807, 2.05) is 24.3 Å². The molecule has 1 amide bonds. The normalized spacial score (nSPS) is 22.9. The van der Waals surface area contributed by atoms with Gasteiger partial charge >= 0.3 is 0 Å². The Morgan fingerprint density at radius 3 is 2.74 bits per heavy atom. The number of piperidine rings is 2. The molecule has 7 nitrogen and oxygen atoms in total. The van der Waals surface area contributed by atoms with Crippen LogP contribution in [0.25, 0.3) is 0 Å². The van der Waals surface area contributed by atoms with Gasteiger partial charge in [-0.25, -0.2) is 8.42 Å². The molecule has 0 aromatic heterocycles. The molecule has 0 spiro atoms. The minimum absolute atomic E-state index is 0.0639. The summed E-state index contributed by atoms with van der Waals surface area (Å²) in [6.45, 7) is 2.65. The van der Waals surface area contributed by atoms with Gasteiger partial charge in [-0.15, -0.1) is 0 Å². The van der Waals surface area contributed by atoms with Crippen LogP contribution < -0.4 is 20.3 Å². The second-order valence-electron chi connectivity index (χ2n) is 7.48. The molecule has 2 fully saturated rings. The molecular weight excluding hydrogens is 366 g/mol. The van der Waals surface area contributed by atoms with Crippen molar-refractivity contribution in [2.45, 2.75) is 36.5 Å². The lowest BCUT2D eigenvalue weighted by Gasteiger charge is -2.39. The highest BCUT2D eigenvalue weighted by atomic mass is 32.2. The third-order valence-electron chi connectivity index (χ3n) is 5.71. The summed E-state index contributed by atoms with van der Waals surface area (Å²) in [6, 6.07) is 7.79. The average Bonchev–Trinajstić information content (AvgIpc) is 2.68. The van der Waals surface area contributed by atoms with Gasteiger partial charge in [0.1, 0.15) is 5.75 Å². The predicted octanol–water partition coefficient (Wildman–Crippen LogP) is 0.947. The van der Waals surface area contributed by atoms with Crippen molar-refractivity contribution in [2.24, 2.45) is 0 Å². The van der Waals surface area contributed by atoms with Crippen LogP contribution >= 0.6 is 0 Å². The van der Waals surface area contributed by atoms with Crippen LogP contribution in [0, 0.1) is 0 Å². The van der Waals surface area contributed by atoms with Crippen LogP contribution in [0.15, 0.2) is 24.3 Å². The Morgan fingerprint density at radius 1 is 1.33 bits per heavy atom. The van der Waals surface area contributed by atoms with Crippen molar-refractivity contribution in [1.29, 1.82) is 0 Å². The highest BCUT2D eigenvalue weighted by Crippen LogP contribution is 2.29. The van der Waals surface area contributed by atoms with E-state index in [9.17, 15) is 13.2 Å². The Bertz CT molecular complexity index is 775. The summed E-state index contributed by atoms with van der Waals surface area (Å²) in [5, 5.41) is 6.19. The third-order valence-corrected chi connectivity index (χ3v) is 7.72. The molecule has 2 N–H and O–H groups in total. The van der Waals surface area contributed by atoms with Gasteiger partial charge in [-0.1, -0.05) is 6.07 Å². The number of methoxy groups -OCH3 is 1. The van der Waals surface area contributed by atoms with Gasteiger partial charge in [0.2, 0.25) is 5.91 Å². The number of benzene rings is 1. The third kappa shape index (κ3) is 4.21. The molecule has 1 unspecified atom stereocenters. The Labute approximate surface area is 161 Å². The van der Waals surface area contributed by atoms with Gasteiger partial charge in [-0.05, 0) is 50.9 Å². The molecule has 2 saturated heterocycles. The van der Waals surface area contributed by atoms with Crippen molar-refractivity contribution in [2.75, 3.05) is 44.4 Å². The van der Waals surface area contributed by atoms with Crippen molar-refractivity contribution < 1.29 is 17.9 Å². The zero-order chi connectivity index (χ0) is 19.5. The zero-order valence-corrected chi connectivity index (χ0v) is 16.8. The van der Waals surface area contributed by atoms with Crippen LogP contribution in [0.3, 0.4) is 0 Å². The molecule has 0 radical (unpaired) electrons. The van der Waals surface area contributed by atoms with Crippen LogP contribution in [0.5, 0.6) is 5.75 Å². The minimum Gasteiger partial charge on any atom is -0.497 e. The summed E-state index contributed by atoms with van der Waals surface area (Å²) in [6.07, 6.45) is 3.62. The van der Waals surface area contributed by atoms with Gasteiger partial charge in [0, 0.05) is 37.1 Å². The van der Waals surface area contributed by atoms with Gasteiger partial charge in [0.15, 0.2) is 14.6 Å². The van der Waals surface area contributed by atoms with Gasteiger partial charge in [-0.2, -0.15) is 0 Å². The van der Waals surface area contributed by atoms with E-state index in [4.69, 9.17) is 4.74 Å². The van der Waals surface area contributed by atoms with Crippen molar-refractivity contribution in [3.8, 4) is 5.75 Å². The number of carbonyl (C=O) groups is 1. The average molecular weight is 396 g/mol. The number of ether oxygens (including phenoxy) is 1. The first-order valence-electron chi connectivity index (χ1n) is 9.46. The number of anilines is 1. The maximum Gasteiger partial charge on any atom is 0.241 e. The number of nitrogens with one attached hydrogen (secondary N) is 2. The van der Waals surface area contributed by atoms with Crippen LogP contribution in [-0.2, 0) is 14.6 Å². The number of rotatable bonds is 5. The number of nitrogens with zero attached hydrogens (tertiary/aromatic N) is 1. The quantitative estimate of drug-likeness (QED) is 0.772. The number of amides is 1. The number of hydrogen-bond donors (Lipinski definition) is 2. The number of hydrogen-bond acceptors (Lipinski definition) is 6. The van der Waals surface area contributed by atoms with Crippen molar-refractivity contribution in [1.82, 2.24) is 10.6 Å². The van der Waals surface area contributed by atoms with E-state index < -0.39 is 14.6 Å². The summed E-state index contributed by atoms with van der Waals surface area (Å²) in [7, 11) is -1.85. The van der Waals surface area contributed by atoms with Crippen LogP contribution in [-0.4, -0.2) is 64.7 Å². The standard InChI is InChI=1S/C19H29N3O4S/c1-26-17-7-3-6-16(13-17)22-12-4-5-15(14-22)21-18(23)19(27(2,24)25)8-10-20-11-9-19/h3,6-7,13,15,20H,4-5,8-12,14H2,1-2H3,(H,21,23). The maximum atomic E-state index is 13.0. The monoisotopic (exact) mass is 395 g/mol. The summed E-state index contributed by atoms with van der Waals surface area (Å²) in [5.74, 6) is 0.452. The van der Waals surface area contributed by atoms with Crippen LogP contribution in [0.4, 0.5) is 5.69 Å². The topological polar surface area (TPSA) is 87.7 Å². The molecule has 3 rings (SSSR count). The fraction of sp³-hybridized carbons (Fsp3) is 0.632. The fourth-order valence-corrected chi connectivity index (χ4v) is 5.39. The molecule has 0 aliphatic carbocycles. The van der Waals surface area contributed by atoms with E-state index in [2.05, 4.69) is 15.5 Å². The Kier molecular flexibility index (Phi) is 5.95. The van der Waals surface area contributed by atoms with Gasteiger partial charge in [0.05, 0.1) is 7.11 Å². The van der Waals surface area contributed by atoms with Crippen LogP contribution in [0.1, 0.15) is 25.7 Å². The van der Waals surface area contributed by atoms with Gasteiger partial charge < -0.3 is 20.3 Å². The van der Waals surface area contributed by atoms with E-state index in [0.717, 1.165) is 30.8 Å². The molecule has 0 bridgehead atoms. The lowest BCUT2D eigenvalue weighted by atomic mass is 9.94. The number of sulfone groups is 1. The summed E-state index contributed by atoms with van der Waals surface area (Å²) in [5.41, 5.74) is 1.05. The first kappa shape index (κ1) is 19.9. The molecule has 150 valence electrons. The van der Waals surface area contributed by atoms with Crippen molar-refractivity contribution >= 4 is 21.4 Å². The molecule has 8 heteroatoms. The van der Waals surface area contributed by atoms with E-state index in [1.54, 1.807) is 7.11 Å². The lowest BCUT2D eigenvalue weighted by Crippen LogP contribution is -2.60. The largest absolute Gasteiger partial charge is 0.497 e. The molecule has 1 atom stereocenters. The van der Waals surface area contributed by atoms with Crippen molar-refractivity contribution in [3.05, 3.63) is 24.3 Å². The Morgan fingerprint density at radius 2 is 2.07 bits per heavy atom. The lowest BCUT2D eigenvalue weighted by molar-refractivity contribution is -0.125. The molecule has 27 heavy (non-hydrogen) atoms. The van der Waals surface area contributed by atoms with E-state index in [1.165, 1.54) is 6.26 Å². The van der Waals surface area contributed by atoms with Gasteiger partial charge in [-0.3, -0.25) is 4.79 Å². The summed E-state index contributed by atoms with van der Waals surface area (Å²) < 4.78 is 28.9. The Hall–Kier alpha value is -1.80. The van der Waals surface area contributed by atoms with Crippen molar-refractivity contribution in [3.63, 3.8) is 0 Å². The Balaban J connectivity index is 1.72. The number of carbonyl (C=O) groups excluding carboxylic acids is 1. The minimum atomic E-state index is -3.49. The molecule has 0 saturated carbocycles. The molecule has 1 aromatic rings. The highest BCUT2D eigenvalue weighted by molar-refractivity contribution is 7.92. The first-order valence-corrected chi connectivity index (χ1v) is 11.4. The zero-order valence-electron chi connectivity index (χ0n) is 16.0. The second kappa shape index (κ2) is 8.06. The van der Waals surface area contributed by atoms with E-state index in [0.29, 0.717) is 32.5 Å². The van der Waals surface area contributed by atoms with E-state index >= 15 is 0 Å². The fourth-order valence-electron chi connectivity index (χ4n) is 4.05. The summed E-state index contributed by atoms with van der Waals surface area (Å²) >= 11 is 0. The summed E-state index contributed by atoms with van der Waals surface area (Å²) in [4.78, 5) is 15.2. The first-order chi connectivity index (χ1) is 12.9. The second-order valence-corrected chi connectivity index (χ2v) is 9.80. The molecular formula is C19H29N3O4S. The SMILES string of the molecule is COc1cccc(N2CCCC(NC(=O)C3(S(C)(=O)=O)CCNCC3)C2)c1. The van der Waals surface area contributed by atoms with Gasteiger partial charge in [0.25, 0.3) is 0 Å². The molecule has 1 aromatic carbocycles. The van der Waals surface area contributed by atoms with E-state index in [-0.39, 0.29) is 11.9 Å². The molecule has 2 heterocycles. The molecule has 2 aliphatic heterocycles. The predicted molar refractivity (Wildman–Crippen MR) is 106 cm³/mol. The van der Waals surface area contributed by atoms with Crippen LogP contribution in [0.2, 0.25) is 0 Å². The highest BCUT2D eigenvalue weighted by Gasteiger charge is 2.49. The maximum absolute atomic E-state index is 13.0. The molecule has 2 aliphatic rings.